The van der Waals surface area contributed by atoms with E-state index in [2.05, 4.69) is 31.0 Å². The molecular formula is C17H19BrF2IN3O. The molecule has 2 rings (SSSR count). The highest BCUT2D eigenvalue weighted by Crippen LogP contribution is 2.25. The van der Waals surface area contributed by atoms with E-state index >= 15 is 0 Å². The Bertz CT molecular complexity index is 687. The molecule has 8 heteroatoms. The first-order chi connectivity index (χ1) is 11.5. The molecule has 0 fully saturated rings. The fourth-order valence-corrected chi connectivity index (χ4v) is 2.50. The Kier molecular flexibility index (Phi) is 9.73. The maximum Gasteiger partial charge on any atom is 0.387 e. The van der Waals surface area contributed by atoms with Gasteiger partial charge in [0.2, 0.25) is 0 Å². The molecule has 0 atom stereocenters. The largest absolute Gasteiger partial charge is 0.434 e. The van der Waals surface area contributed by atoms with Crippen LogP contribution in [0.5, 0.6) is 5.75 Å². The van der Waals surface area contributed by atoms with Crippen LogP contribution >= 0.6 is 39.9 Å². The van der Waals surface area contributed by atoms with Crippen LogP contribution in [-0.4, -0.2) is 19.1 Å². The highest BCUT2D eigenvalue weighted by Gasteiger charge is 2.10. The molecule has 0 aliphatic carbocycles. The van der Waals surface area contributed by atoms with Crippen LogP contribution in [0, 0.1) is 0 Å². The zero-order valence-corrected chi connectivity index (χ0v) is 17.2. The molecule has 0 unspecified atom stereocenters. The van der Waals surface area contributed by atoms with Gasteiger partial charge < -0.3 is 15.8 Å². The van der Waals surface area contributed by atoms with E-state index < -0.39 is 6.61 Å². The summed E-state index contributed by atoms with van der Waals surface area (Å²) in [6.45, 7) is -2.10. The normalized spacial score (nSPS) is 11.1. The number of guanidine groups is 1. The van der Waals surface area contributed by atoms with Crippen molar-refractivity contribution in [3.05, 3.63) is 64.1 Å². The van der Waals surface area contributed by atoms with Crippen molar-refractivity contribution in [2.24, 2.45) is 10.7 Å². The molecule has 136 valence electrons. The molecule has 0 aliphatic heterocycles. The average molecular weight is 526 g/mol. The van der Waals surface area contributed by atoms with Crippen LogP contribution in [-0.2, 0) is 13.0 Å². The smallest absolute Gasteiger partial charge is 0.387 e. The molecule has 0 spiro atoms. The van der Waals surface area contributed by atoms with E-state index in [1.165, 1.54) is 11.6 Å². The van der Waals surface area contributed by atoms with Gasteiger partial charge in [0, 0.05) is 16.6 Å². The van der Waals surface area contributed by atoms with Crippen LogP contribution in [0.15, 0.2) is 58.0 Å². The summed E-state index contributed by atoms with van der Waals surface area (Å²) >= 11 is 3.30. The Morgan fingerprint density at radius 1 is 1.20 bits per heavy atom. The number of nitrogens with zero attached hydrogens (tertiary/aromatic N) is 1. The second kappa shape index (κ2) is 11.2. The highest BCUT2D eigenvalue weighted by atomic mass is 127. The molecule has 25 heavy (non-hydrogen) atoms. The number of hydrogen-bond donors (Lipinski definition) is 2. The van der Waals surface area contributed by atoms with Crippen LogP contribution < -0.4 is 15.8 Å². The number of alkyl halides is 2. The average Bonchev–Trinajstić information content (AvgIpc) is 2.55. The zero-order chi connectivity index (χ0) is 17.4. The summed E-state index contributed by atoms with van der Waals surface area (Å²) in [6.07, 6.45) is 0.813. The number of rotatable bonds is 7. The van der Waals surface area contributed by atoms with Gasteiger partial charge in [-0.05, 0) is 30.2 Å². The van der Waals surface area contributed by atoms with Crippen LogP contribution in [0.4, 0.5) is 8.78 Å². The lowest BCUT2D eigenvalue weighted by Crippen LogP contribution is -2.33. The molecule has 0 aliphatic rings. The first kappa shape index (κ1) is 21.6. The first-order valence-electron chi connectivity index (χ1n) is 7.35. The van der Waals surface area contributed by atoms with Crippen molar-refractivity contribution in [3.63, 3.8) is 0 Å². The standard InChI is InChI=1S/C17H18BrF2N3O.HI/c18-14-6-7-15(24-16(19)20)13(10-14)11-23-17(21)22-9-8-12-4-2-1-3-5-12;/h1-7,10,16H,8-9,11H2,(H3,21,22,23);1H. The summed E-state index contributed by atoms with van der Waals surface area (Å²) < 4.78 is 30.1. The Balaban J connectivity index is 0.00000312. The van der Waals surface area contributed by atoms with Gasteiger partial charge in [0.25, 0.3) is 0 Å². The van der Waals surface area contributed by atoms with Gasteiger partial charge in [-0.3, -0.25) is 0 Å². The minimum Gasteiger partial charge on any atom is -0.434 e. The molecule has 2 aromatic rings. The molecule has 0 aromatic heterocycles. The van der Waals surface area contributed by atoms with Crippen molar-refractivity contribution in [1.29, 1.82) is 0 Å². The second-order valence-corrected chi connectivity index (χ2v) is 5.91. The Morgan fingerprint density at radius 2 is 1.92 bits per heavy atom. The van der Waals surface area contributed by atoms with Gasteiger partial charge >= 0.3 is 6.61 Å². The van der Waals surface area contributed by atoms with Gasteiger partial charge in [0.15, 0.2) is 5.96 Å². The number of ether oxygens (including phenoxy) is 1. The van der Waals surface area contributed by atoms with E-state index in [0.717, 1.165) is 10.9 Å². The van der Waals surface area contributed by atoms with E-state index in [4.69, 9.17) is 5.73 Å². The van der Waals surface area contributed by atoms with Crippen molar-refractivity contribution in [2.45, 2.75) is 19.6 Å². The van der Waals surface area contributed by atoms with E-state index in [-0.39, 0.29) is 42.2 Å². The van der Waals surface area contributed by atoms with Crippen LogP contribution in [0.25, 0.3) is 0 Å². The SMILES string of the molecule is I.NC(=NCc1cc(Br)ccc1OC(F)F)NCCc1ccccc1. The van der Waals surface area contributed by atoms with Crippen molar-refractivity contribution >= 4 is 45.9 Å². The van der Waals surface area contributed by atoms with Gasteiger partial charge in [-0.2, -0.15) is 8.78 Å². The predicted octanol–water partition coefficient (Wildman–Crippen LogP) is 4.32. The Labute approximate surface area is 171 Å². The van der Waals surface area contributed by atoms with Gasteiger partial charge in [0.1, 0.15) is 5.75 Å². The summed E-state index contributed by atoms with van der Waals surface area (Å²) in [4.78, 5) is 4.17. The second-order valence-electron chi connectivity index (χ2n) is 4.99. The van der Waals surface area contributed by atoms with Crippen LogP contribution in [0.1, 0.15) is 11.1 Å². The lowest BCUT2D eigenvalue weighted by molar-refractivity contribution is -0.0504. The minimum atomic E-state index is -2.88. The quantitative estimate of drug-likeness (QED) is 0.321. The van der Waals surface area contributed by atoms with Crippen LogP contribution in [0.2, 0.25) is 0 Å². The molecule has 2 aromatic carbocycles. The summed E-state index contributed by atoms with van der Waals surface area (Å²) in [7, 11) is 0. The summed E-state index contributed by atoms with van der Waals surface area (Å²) in [5.41, 5.74) is 7.53. The van der Waals surface area contributed by atoms with Crippen molar-refractivity contribution < 1.29 is 13.5 Å². The minimum absolute atomic E-state index is 0. The van der Waals surface area contributed by atoms with Crippen molar-refractivity contribution in [2.75, 3.05) is 6.54 Å². The maximum atomic E-state index is 12.4. The molecule has 0 saturated carbocycles. The van der Waals surface area contributed by atoms with Gasteiger partial charge in [-0.25, -0.2) is 4.99 Å². The van der Waals surface area contributed by atoms with E-state index in [1.54, 1.807) is 12.1 Å². The lowest BCUT2D eigenvalue weighted by atomic mass is 10.1. The van der Waals surface area contributed by atoms with Crippen molar-refractivity contribution in [1.82, 2.24) is 5.32 Å². The summed E-state index contributed by atoms with van der Waals surface area (Å²) in [6, 6.07) is 14.8. The third-order valence-corrected chi connectivity index (χ3v) is 3.71. The number of benzene rings is 2. The van der Waals surface area contributed by atoms with E-state index in [0.29, 0.717) is 12.1 Å². The number of nitrogens with one attached hydrogen (secondary N) is 1. The topological polar surface area (TPSA) is 59.6 Å². The molecule has 0 radical (unpaired) electrons. The number of hydrogen-bond acceptors (Lipinski definition) is 2. The summed E-state index contributed by atoms with van der Waals surface area (Å²) in [5.74, 6) is 0.350. The molecule has 3 N–H and O–H groups in total. The highest BCUT2D eigenvalue weighted by molar-refractivity contribution is 14.0. The first-order valence-corrected chi connectivity index (χ1v) is 8.15. The maximum absolute atomic E-state index is 12.4. The van der Waals surface area contributed by atoms with Gasteiger partial charge in [-0.1, -0.05) is 46.3 Å². The summed E-state index contributed by atoms with van der Waals surface area (Å²) in [5, 5.41) is 3.00. The van der Waals surface area contributed by atoms with Crippen molar-refractivity contribution in [3.8, 4) is 5.75 Å². The zero-order valence-electron chi connectivity index (χ0n) is 13.3. The predicted molar refractivity (Wildman–Crippen MR) is 110 cm³/mol. The lowest BCUT2D eigenvalue weighted by Gasteiger charge is -2.10. The molecule has 0 heterocycles. The number of nitrogens with two attached hydrogens (primary N) is 1. The van der Waals surface area contributed by atoms with Gasteiger partial charge in [0.05, 0.1) is 6.54 Å². The van der Waals surface area contributed by atoms with E-state index in [1.807, 2.05) is 30.3 Å². The molecule has 4 nitrogen and oxygen atoms in total. The molecular weight excluding hydrogens is 507 g/mol. The third kappa shape index (κ3) is 8.00. The van der Waals surface area contributed by atoms with Crippen LogP contribution in [0.3, 0.4) is 0 Å². The monoisotopic (exact) mass is 525 g/mol. The molecule has 0 amide bonds. The Hall–Kier alpha value is -1.42. The Morgan fingerprint density at radius 3 is 2.60 bits per heavy atom. The fraction of sp³-hybridized carbons (Fsp3) is 0.235. The molecule has 0 bridgehead atoms. The van der Waals surface area contributed by atoms with E-state index in [9.17, 15) is 8.78 Å². The molecule has 0 saturated heterocycles. The van der Waals surface area contributed by atoms with Gasteiger partial charge in [-0.15, -0.1) is 24.0 Å². The third-order valence-electron chi connectivity index (χ3n) is 3.22. The number of aliphatic imine (C=N–C) groups is 1. The fourth-order valence-electron chi connectivity index (χ4n) is 2.09. The number of halogens is 4.